The van der Waals surface area contributed by atoms with Gasteiger partial charge in [-0.1, -0.05) is 0 Å². The zero-order chi connectivity index (χ0) is 9.97. The Kier molecular flexibility index (Phi) is 2.92. The molecule has 0 spiro atoms. The summed E-state index contributed by atoms with van der Waals surface area (Å²) in [6.07, 6.45) is 2.72. The largest absolute Gasteiger partial charge is 0.349 e. The third-order valence-electron chi connectivity index (χ3n) is 3.26. The van der Waals surface area contributed by atoms with Gasteiger partial charge in [0.25, 0.3) is 0 Å². The van der Waals surface area contributed by atoms with Gasteiger partial charge in [-0.15, -0.1) is 0 Å². The molecule has 0 aliphatic carbocycles. The molecule has 78 valence electrons. The molecule has 1 atom stereocenters. The molecule has 0 bridgehead atoms. The third kappa shape index (κ3) is 2.01. The van der Waals surface area contributed by atoms with E-state index in [9.17, 15) is 0 Å². The summed E-state index contributed by atoms with van der Waals surface area (Å²) < 4.78 is 2.44. The van der Waals surface area contributed by atoms with E-state index in [1.54, 1.807) is 0 Å². The molecule has 0 radical (unpaired) electrons. The molecule has 1 aliphatic heterocycles. The lowest BCUT2D eigenvalue weighted by Gasteiger charge is -2.24. The van der Waals surface area contributed by atoms with Gasteiger partial charge in [0, 0.05) is 17.9 Å². The van der Waals surface area contributed by atoms with Crippen molar-refractivity contribution in [2.24, 2.45) is 5.92 Å². The Morgan fingerprint density at radius 1 is 1.36 bits per heavy atom. The van der Waals surface area contributed by atoms with Gasteiger partial charge in [-0.3, -0.25) is 0 Å². The lowest BCUT2D eigenvalue weighted by atomic mass is 9.99. The summed E-state index contributed by atoms with van der Waals surface area (Å²) in [4.78, 5) is 0. The van der Waals surface area contributed by atoms with Crippen LogP contribution in [-0.2, 0) is 6.54 Å². The summed E-state index contributed by atoms with van der Waals surface area (Å²) >= 11 is 0. The van der Waals surface area contributed by atoms with Crippen molar-refractivity contribution in [3.8, 4) is 0 Å². The van der Waals surface area contributed by atoms with Crippen LogP contribution in [0.15, 0.2) is 12.1 Å². The predicted octanol–water partition coefficient (Wildman–Crippen LogP) is 2.10. The number of nitrogens with one attached hydrogen (secondary N) is 1. The van der Waals surface area contributed by atoms with E-state index in [-0.39, 0.29) is 0 Å². The number of rotatable bonds is 2. The monoisotopic (exact) mass is 192 g/mol. The molecule has 1 saturated heterocycles. The fraction of sp³-hybridized carbons (Fsp3) is 0.667. The second-order valence-electron chi connectivity index (χ2n) is 4.44. The number of piperidine rings is 1. The second-order valence-corrected chi connectivity index (χ2v) is 4.44. The third-order valence-corrected chi connectivity index (χ3v) is 3.26. The van der Waals surface area contributed by atoms with Crippen molar-refractivity contribution in [1.29, 1.82) is 0 Å². The molecule has 2 rings (SSSR count). The molecule has 1 fully saturated rings. The first-order valence-electron chi connectivity index (χ1n) is 5.61. The molecule has 2 nitrogen and oxygen atoms in total. The van der Waals surface area contributed by atoms with Gasteiger partial charge in [0.2, 0.25) is 0 Å². The van der Waals surface area contributed by atoms with Crippen molar-refractivity contribution in [3.05, 3.63) is 23.5 Å². The fourth-order valence-electron chi connectivity index (χ4n) is 2.33. The van der Waals surface area contributed by atoms with Crippen LogP contribution >= 0.6 is 0 Å². The Hall–Kier alpha value is -0.760. The molecule has 2 heterocycles. The van der Waals surface area contributed by atoms with E-state index in [2.05, 4.69) is 35.9 Å². The first-order valence-corrected chi connectivity index (χ1v) is 5.61. The number of hydrogen-bond donors (Lipinski definition) is 1. The summed E-state index contributed by atoms with van der Waals surface area (Å²) in [5.41, 5.74) is 2.79. The normalized spacial score (nSPS) is 22.6. The minimum Gasteiger partial charge on any atom is -0.349 e. The van der Waals surface area contributed by atoms with Crippen molar-refractivity contribution in [2.75, 3.05) is 13.1 Å². The van der Waals surface area contributed by atoms with Crippen LogP contribution < -0.4 is 5.32 Å². The summed E-state index contributed by atoms with van der Waals surface area (Å²) in [6, 6.07) is 4.43. The van der Waals surface area contributed by atoms with E-state index in [1.165, 1.54) is 43.9 Å². The van der Waals surface area contributed by atoms with Crippen molar-refractivity contribution >= 4 is 0 Å². The van der Waals surface area contributed by atoms with E-state index in [0.717, 1.165) is 5.92 Å². The average Bonchev–Trinajstić information content (AvgIpc) is 2.51. The van der Waals surface area contributed by atoms with E-state index >= 15 is 0 Å². The summed E-state index contributed by atoms with van der Waals surface area (Å²) in [5, 5.41) is 3.47. The Morgan fingerprint density at radius 3 is 2.64 bits per heavy atom. The molecule has 1 aromatic heterocycles. The first-order chi connectivity index (χ1) is 6.77. The maximum absolute atomic E-state index is 3.47. The Labute approximate surface area is 86.3 Å². The van der Waals surface area contributed by atoms with Crippen LogP contribution in [-0.4, -0.2) is 17.7 Å². The standard InChI is InChI=1S/C12H20N2/c1-10-5-6-11(2)14(10)9-12-4-3-7-13-8-12/h5-6,12-13H,3-4,7-9H2,1-2H3. The van der Waals surface area contributed by atoms with Crippen molar-refractivity contribution in [1.82, 2.24) is 9.88 Å². The Morgan fingerprint density at radius 2 is 2.07 bits per heavy atom. The van der Waals surface area contributed by atoms with Gasteiger partial charge < -0.3 is 9.88 Å². The summed E-state index contributed by atoms with van der Waals surface area (Å²) in [6.45, 7) is 7.99. The Balaban J connectivity index is 2.02. The molecule has 0 saturated carbocycles. The van der Waals surface area contributed by atoms with Crippen LogP contribution in [0.1, 0.15) is 24.2 Å². The van der Waals surface area contributed by atoms with Gasteiger partial charge in [-0.2, -0.15) is 0 Å². The maximum Gasteiger partial charge on any atom is 0.0265 e. The number of aryl methyl sites for hydroxylation is 2. The minimum atomic E-state index is 0.827. The van der Waals surface area contributed by atoms with E-state index in [1.807, 2.05) is 0 Å². The van der Waals surface area contributed by atoms with Gasteiger partial charge in [0.05, 0.1) is 0 Å². The summed E-state index contributed by atoms with van der Waals surface area (Å²) in [5.74, 6) is 0.827. The van der Waals surface area contributed by atoms with E-state index in [0.29, 0.717) is 0 Å². The van der Waals surface area contributed by atoms with E-state index in [4.69, 9.17) is 0 Å². The molecular weight excluding hydrogens is 172 g/mol. The van der Waals surface area contributed by atoms with Crippen LogP contribution in [0.25, 0.3) is 0 Å². The van der Waals surface area contributed by atoms with Crippen LogP contribution in [0.3, 0.4) is 0 Å². The minimum absolute atomic E-state index is 0.827. The molecular formula is C12H20N2. The van der Waals surface area contributed by atoms with Crippen LogP contribution in [0.5, 0.6) is 0 Å². The first kappa shape index (κ1) is 9.78. The average molecular weight is 192 g/mol. The quantitative estimate of drug-likeness (QED) is 0.759. The summed E-state index contributed by atoms with van der Waals surface area (Å²) in [7, 11) is 0. The second kappa shape index (κ2) is 4.18. The highest BCUT2D eigenvalue weighted by atomic mass is 15.0. The van der Waals surface area contributed by atoms with Crippen molar-refractivity contribution in [3.63, 3.8) is 0 Å². The van der Waals surface area contributed by atoms with Gasteiger partial charge in [-0.05, 0) is 57.8 Å². The SMILES string of the molecule is Cc1ccc(C)n1CC1CCCNC1. The van der Waals surface area contributed by atoms with Gasteiger partial charge in [-0.25, -0.2) is 0 Å². The molecule has 1 N–H and O–H groups in total. The molecule has 1 aliphatic rings. The highest BCUT2D eigenvalue weighted by Crippen LogP contribution is 2.16. The van der Waals surface area contributed by atoms with Crippen LogP contribution in [0, 0.1) is 19.8 Å². The lowest BCUT2D eigenvalue weighted by Crippen LogP contribution is -2.32. The number of nitrogens with zero attached hydrogens (tertiary/aromatic N) is 1. The molecule has 0 aromatic carbocycles. The topological polar surface area (TPSA) is 17.0 Å². The predicted molar refractivity (Wildman–Crippen MR) is 59.5 cm³/mol. The van der Waals surface area contributed by atoms with Crippen molar-refractivity contribution in [2.45, 2.75) is 33.2 Å². The molecule has 14 heavy (non-hydrogen) atoms. The molecule has 0 amide bonds. The number of hydrogen-bond acceptors (Lipinski definition) is 1. The smallest absolute Gasteiger partial charge is 0.0265 e. The molecule has 1 aromatic rings. The van der Waals surface area contributed by atoms with E-state index < -0.39 is 0 Å². The van der Waals surface area contributed by atoms with Gasteiger partial charge >= 0.3 is 0 Å². The van der Waals surface area contributed by atoms with Gasteiger partial charge in [0.15, 0.2) is 0 Å². The highest BCUT2D eigenvalue weighted by molar-refractivity contribution is 5.13. The molecule has 2 heteroatoms. The van der Waals surface area contributed by atoms with Crippen LogP contribution in [0.2, 0.25) is 0 Å². The zero-order valence-corrected chi connectivity index (χ0v) is 9.21. The fourth-order valence-corrected chi connectivity index (χ4v) is 2.33. The lowest BCUT2D eigenvalue weighted by molar-refractivity contribution is 0.333. The zero-order valence-electron chi connectivity index (χ0n) is 9.21. The van der Waals surface area contributed by atoms with Crippen LogP contribution in [0.4, 0.5) is 0 Å². The van der Waals surface area contributed by atoms with Gasteiger partial charge in [0.1, 0.15) is 0 Å². The number of aromatic nitrogens is 1. The van der Waals surface area contributed by atoms with Crippen molar-refractivity contribution < 1.29 is 0 Å². The maximum atomic E-state index is 3.47. The highest BCUT2D eigenvalue weighted by Gasteiger charge is 2.14. The molecule has 1 unspecified atom stereocenters. The Bertz CT molecular complexity index is 276.